The van der Waals surface area contributed by atoms with Gasteiger partial charge in [-0.3, -0.25) is 4.90 Å². The van der Waals surface area contributed by atoms with E-state index in [-0.39, 0.29) is 0 Å². The van der Waals surface area contributed by atoms with E-state index in [1.165, 1.54) is 10.3 Å². The van der Waals surface area contributed by atoms with Gasteiger partial charge in [0.05, 0.1) is 23.0 Å². The van der Waals surface area contributed by atoms with Gasteiger partial charge < -0.3 is 9.88 Å². The van der Waals surface area contributed by atoms with Crippen LogP contribution < -0.4 is 4.90 Å². The Morgan fingerprint density at radius 2 is 1.96 bits per heavy atom. The Bertz CT molecular complexity index is 1030. The number of benzene rings is 1. The molecule has 26 heavy (non-hydrogen) atoms. The van der Waals surface area contributed by atoms with Crippen molar-refractivity contribution in [3.8, 4) is 0 Å². The van der Waals surface area contributed by atoms with Crippen LogP contribution in [0.2, 0.25) is 0 Å². The molecule has 4 heterocycles. The molecule has 0 atom stereocenters. The zero-order valence-electron chi connectivity index (χ0n) is 14.6. The van der Waals surface area contributed by atoms with Gasteiger partial charge in [0, 0.05) is 31.1 Å². The molecule has 1 aliphatic rings. The van der Waals surface area contributed by atoms with E-state index in [4.69, 9.17) is 4.98 Å². The number of fused-ring (bicyclic) bond motifs is 2. The number of nitrogens with zero attached hydrogens (tertiary/aromatic N) is 5. The molecule has 1 fully saturated rings. The summed E-state index contributed by atoms with van der Waals surface area (Å²) in [5, 5.41) is 1.18. The van der Waals surface area contributed by atoms with Crippen molar-refractivity contribution in [1.29, 1.82) is 0 Å². The van der Waals surface area contributed by atoms with Crippen LogP contribution in [0.5, 0.6) is 0 Å². The van der Waals surface area contributed by atoms with Crippen LogP contribution in [-0.2, 0) is 6.54 Å². The van der Waals surface area contributed by atoms with Crippen molar-refractivity contribution in [2.45, 2.75) is 13.5 Å². The number of anilines is 1. The number of para-hydroxylation sites is 2. The highest BCUT2D eigenvalue weighted by molar-refractivity contribution is 7.18. The third-order valence-electron chi connectivity index (χ3n) is 4.92. The van der Waals surface area contributed by atoms with Crippen LogP contribution in [0.1, 0.15) is 10.7 Å². The Hall–Kier alpha value is -2.51. The predicted octanol–water partition coefficient (Wildman–Crippen LogP) is 3.20. The van der Waals surface area contributed by atoms with Gasteiger partial charge in [-0.05, 0) is 25.1 Å². The number of imidazole rings is 1. The van der Waals surface area contributed by atoms with Crippen LogP contribution in [0.3, 0.4) is 0 Å². The SMILES string of the molecule is Cc1cc2c(N3CCN(Cc4nc5ccccc5[nH]4)CC3)ncnc2s1. The van der Waals surface area contributed by atoms with Crippen molar-refractivity contribution < 1.29 is 0 Å². The number of aryl methyl sites for hydroxylation is 1. The summed E-state index contributed by atoms with van der Waals surface area (Å²) in [5.74, 6) is 2.11. The molecule has 1 saturated heterocycles. The van der Waals surface area contributed by atoms with Crippen LogP contribution in [0.4, 0.5) is 5.82 Å². The van der Waals surface area contributed by atoms with E-state index in [1.807, 2.05) is 12.1 Å². The number of aromatic amines is 1. The minimum Gasteiger partial charge on any atom is -0.353 e. The molecule has 3 aromatic heterocycles. The molecule has 0 saturated carbocycles. The quantitative estimate of drug-likeness (QED) is 0.605. The van der Waals surface area contributed by atoms with Crippen LogP contribution in [0.25, 0.3) is 21.3 Å². The predicted molar refractivity (Wildman–Crippen MR) is 106 cm³/mol. The highest BCUT2D eigenvalue weighted by Gasteiger charge is 2.21. The molecule has 4 aromatic rings. The number of piperazine rings is 1. The number of nitrogens with one attached hydrogen (secondary N) is 1. The fraction of sp³-hybridized carbons (Fsp3) is 0.316. The fourth-order valence-corrected chi connectivity index (χ4v) is 4.47. The van der Waals surface area contributed by atoms with Gasteiger partial charge in [0.15, 0.2) is 0 Å². The Morgan fingerprint density at radius 1 is 1.12 bits per heavy atom. The molecule has 0 radical (unpaired) electrons. The molecule has 1 aromatic carbocycles. The number of hydrogen-bond acceptors (Lipinski definition) is 6. The second-order valence-corrected chi connectivity index (χ2v) is 7.97. The molecule has 1 N–H and O–H groups in total. The first-order chi connectivity index (χ1) is 12.8. The maximum atomic E-state index is 4.70. The number of rotatable bonds is 3. The van der Waals surface area contributed by atoms with Gasteiger partial charge in [0.2, 0.25) is 0 Å². The second kappa shape index (κ2) is 6.34. The summed E-state index contributed by atoms with van der Waals surface area (Å²) < 4.78 is 0. The lowest BCUT2D eigenvalue weighted by Gasteiger charge is -2.35. The van der Waals surface area contributed by atoms with Gasteiger partial charge in [0.1, 0.15) is 22.8 Å². The Balaban J connectivity index is 1.29. The number of H-pyrrole nitrogens is 1. The van der Waals surface area contributed by atoms with Gasteiger partial charge in [-0.1, -0.05) is 12.1 Å². The van der Waals surface area contributed by atoms with Crippen LogP contribution in [-0.4, -0.2) is 51.0 Å². The average molecular weight is 364 g/mol. The van der Waals surface area contributed by atoms with Crippen molar-refractivity contribution in [2.75, 3.05) is 31.1 Å². The van der Waals surface area contributed by atoms with Crippen molar-refractivity contribution in [2.24, 2.45) is 0 Å². The highest BCUT2D eigenvalue weighted by atomic mass is 32.1. The third-order valence-corrected chi connectivity index (χ3v) is 5.87. The van der Waals surface area contributed by atoms with Crippen LogP contribution >= 0.6 is 11.3 Å². The second-order valence-electron chi connectivity index (χ2n) is 6.74. The fourth-order valence-electron chi connectivity index (χ4n) is 3.63. The molecule has 0 aliphatic carbocycles. The summed E-state index contributed by atoms with van der Waals surface area (Å²) in [6, 6.07) is 10.4. The first-order valence-electron chi connectivity index (χ1n) is 8.88. The van der Waals surface area contributed by atoms with Crippen LogP contribution in [0.15, 0.2) is 36.7 Å². The van der Waals surface area contributed by atoms with Gasteiger partial charge in [0.25, 0.3) is 0 Å². The number of thiophene rings is 1. The number of aromatic nitrogens is 4. The molecule has 1 aliphatic heterocycles. The van der Waals surface area contributed by atoms with E-state index in [1.54, 1.807) is 17.7 Å². The normalized spacial score (nSPS) is 16.0. The summed E-state index contributed by atoms with van der Waals surface area (Å²) in [5.41, 5.74) is 2.15. The maximum absolute atomic E-state index is 4.70. The van der Waals surface area contributed by atoms with E-state index in [2.05, 4.69) is 49.9 Å². The molecule has 5 rings (SSSR count). The molecule has 0 amide bonds. The summed E-state index contributed by atoms with van der Waals surface area (Å²) in [7, 11) is 0. The molecule has 6 nitrogen and oxygen atoms in total. The smallest absolute Gasteiger partial charge is 0.140 e. The highest BCUT2D eigenvalue weighted by Crippen LogP contribution is 2.30. The zero-order valence-corrected chi connectivity index (χ0v) is 15.5. The van der Waals surface area contributed by atoms with E-state index < -0.39 is 0 Å². The average Bonchev–Trinajstić information content (AvgIpc) is 3.23. The topological polar surface area (TPSA) is 60.9 Å². The van der Waals surface area contributed by atoms with Crippen LogP contribution in [0, 0.1) is 6.92 Å². The molecule has 0 spiro atoms. The standard InChI is InChI=1S/C19H20N6S/c1-13-10-14-18(20-12-21-19(14)26-13)25-8-6-24(7-9-25)11-17-22-15-4-2-3-5-16(15)23-17/h2-5,10,12H,6-9,11H2,1H3,(H,22,23). The molecular formula is C19H20N6S. The van der Waals surface area contributed by atoms with E-state index in [0.29, 0.717) is 0 Å². The molecule has 132 valence electrons. The third kappa shape index (κ3) is 2.83. The van der Waals surface area contributed by atoms with Crippen molar-refractivity contribution >= 4 is 38.4 Å². The van der Waals surface area contributed by atoms with E-state index in [0.717, 1.165) is 60.2 Å². The monoisotopic (exact) mass is 364 g/mol. The van der Waals surface area contributed by atoms with Crippen molar-refractivity contribution in [1.82, 2.24) is 24.8 Å². The molecule has 0 unspecified atom stereocenters. The maximum Gasteiger partial charge on any atom is 0.140 e. The lowest BCUT2D eigenvalue weighted by molar-refractivity contribution is 0.244. The van der Waals surface area contributed by atoms with Gasteiger partial charge in [-0.2, -0.15) is 0 Å². The van der Waals surface area contributed by atoms with Gasteiger partial charge in [-0.25, -0.2) is 15.0 Å². The Kier molecular flexibility index (Phi) is 3.83. The summed E-state index contributed by atoms with van der Waals surface area (Å²) in [6.07, 6.45) is 1.69. The lowest BCUT2D eigenvalue weighted by atomic mass is 10.2. The van der Waals surface area contributed by atoms with Gasteiger partial charge >= 0.3 is 0 Å². The minimum absolute atomic E-state index is 0.860. The summed E-state index contributed by atoms with van der Waals surface area (Å²) in [4.78, 5) is 24.3. The first-order valence-corrected chi connectivity index (χ1v) is 9.70. The first kappa shape index (κ1) is 15.7. The van der Waals surface area contributed by atoms with E-state index in [9.17, 15) is 0 Å². The van der Waals surface area contributed by atoms with E-state index >= 15 is 0 Å². The minimum atomic E-state index is 0.860. The summed E-state index contributed by atoms with van der Waals surface area (Å²) >= 11 is 1.73. The molecular weight excluding hydrogens is 344 g/mol. The largest absolute Gasteiger partial charge is 0.353 e. The zero-order chi connectivity index (χ0) is 17.5. The molecule has 7 heteroatoms. The Labute approximate surface area is 155 Å². The van der Waals surface area contributed by atoms with Gasteiger partial charge in [-0.15, -0.1) is 11.3 Å². The number of hydrogen-bond donors (Lipinski definition) is 1. The molecule has 0 bridgehead atoms. The van der Waals surface area contributed by atoms with Crippen molar-refractivity contribution in [3.05, 3.63) is 47.4 Å². The Morgan fingerprint density at radius 3 is 2.81 bits per heavy atom. The lowest BCUT2D eigenvalue weighted by Crippen LogP contribution is -2.46. The van der Waals surface area contributed by atoms with Crippen molar-refractivity contribution in [3.63, 3.8) is 0 Å². The summed E-state index contributed by atoms with van der Waals surface area (Å²) in [6.45, 7) is 6.94.